The van der Waals surface area contributed by atoms with E-state index < -0.39 is 17.7 Å². The van der Waals surface area contributed by atoms with Gasteiger partial charge < -0.3 is 15.7 Å². The van der Waals surface area contributed by atoms with Crippen molar-refractivity contribution in [2.45, 2.75) is 44.4 Å². The van der Waals surface area contributed by atoms with Gasteiger partial charge in [-0.25, -0.2) is 13.6 Å². The van der Waals surface area contributed by atoms with Crippen LogP contribution in [-0.4, -0.2) is 48.3 Å². The Morgan fingerprint density at radius 1 is 1.42 bits per heavy atom. The van der Waals surface area contributed by atoms with E-state index >= 15 is 0 Å². The van der Waals surface area contributed by atoms with E-state index in [4.69, 9.17) is 0 Å². The zero-order valence-electron chi connectivity index (χ0n) is 14.1. The average Bonchev–Trinajstić information content (AvgIpc) is 2.90. The average molecular weight is 341 g/mol. The highest BCUT2D eigenvalue weighted by molar-refractivity contribution is 5.74. The first-order chi connectivity index (χ1) is 11.4. The molecule has 3 N–H and O–H groups in total. The predicted octanol–water partition coefficient (Wildman–Crippen LogP) is 2.17. The molecule has 0 unspecified atom stereocenters. The summed E-state index contributed by atoms with van der Waals surface area (Å²) in [6.45, 7) is 3.02. The molecule has 0 bridgehead atoms. The molecule has 3 atom stereocenters. The summed E-state index contributed by atoms with van der Waals surface area (Å²) in [5, 5.41) is 15.1. The maximum Gasteiger partial charge on any atom is 0.315 e. The van der Waals surface area contributed by atoms with Gasteiger partial charge in [0.1, 0.15) is 0 Å². The second kappa shape index (κ2) is 8.39. The quantitative estimate of drug-likeness (QED) is 0.743. The third-order valence-electron chi connectivity index (χ3n) is 4.48. The van der Waals surface area contributed by atoms with Crippen molar-refractivity contribution in [3.8, 4) is 0 Å². The van der Waals surface area contributed by atoms with Gasteiger partial charge in [0, 0.05) is 13.1 Å². The summed E-state index contributed by atoms with van der Waals surface area (Å²) in [6.07, 6.45) is 1.46. The first kappa shape index (κ1) is 18.6. The minimum absolute atomic E-state index is 0.184. The van der Waals surface area contributed by atoms with Crippen molar-refractivity contribution in [3.63, 3.8) is 0 Å². The second-order valence-corrected chi connectivity index (χ2v) is 6.25. The lowest BCUT2D eigenvalue weighted by atomic mass is 10.00. The van der Waals surface area contributed by atoms with Crippen molar-refractivity contribution in [3.05, 3.63) is 35.4 Å². The van der Waals surface area contributed by atoms with Gasteiger partial charge in [0.25, 0.3) is 0 Å². The van der Waals surface area contributed by atoms with Crippen LogP contribution in [0.25, 0.3) is 0 Å². The van der Waals surface area contributed by atoms with Crippen LogP contribution >= 0.6 is 0 Å². The summed E-state index contributed by atoms with van der Waals surface area (Å²) in [6, 6.07) is 3.15. The Labute approximate surface area is 141 Å². The molecule has 24 heavy (non-hydrogen) atoms. The van der Waals surface area contributed by atoms with E-state index in [1.807, 2.05) is 18.9 Å². The number of aliphatic hydroxyl groups excluding tert-OH is 1. The van der Waals surface area contributed by atoms with E-state index in [1.54, 1.807) is 6.07 Å². The van der Waals surface area contributed by atoms with Crippen molar-refractivity contribution in [2.75, 3.05) is 20.1 Å². The smallest absolute Gasteiger partial charge is 0.315 e. The molecular formula is C17H25F2N3O2. The van der Waals surface area contributed by atoms with E-state index in [9.17, 15) is 18.7 Å². The third kappa shape index (κ3) is 4.64. The first-order valence-corrected chi connectivity index (χ1v) is 8.30. The number of halogens is 2. The van der Waals surface area contributed by atoms with Gasteiger partial charge in [-0.1, -0.05) is 13.0 Å². The number of hydrogen-bond donors (Lipinski definition) is 3. The third-order valence-corrected chi connectivity index (χ3v) is 4.48. The standard InChI is InChI=1S/C17H25F2N3O2/c1-3-12(23)6-8-20-17(24)21-15-7-9-22(2)16(15)11-4-5-13(18)14(19)10-11/h4-5,10,12,15-16,23H,3,6-9H2,1-2H3,(H2,20,21,24)/t12-,15-,16+/m0/s1. The molecule has 1 aromatic rings. The number of amides is 2. The van der Waals surface area contributed by atoms with Crippen LogP contribution in [0.15, 0.2) is 18.2 Å². The number of rotatable bonds is 6. The van der Waals surface area contributed by atoms with Gasteiger partial charge in [-0.15, -0.1) is 0 Å². The molecule has 1 aromatic carbocycles. The fourth-order valence-electron chi connectivity index (χ4n) is 3.06. The molecule has 0 saturated carbocycles. The van der Waals surface area contributed by atoms with Crippen LogP contribution in [0.3, 0.4) is 0 Å². The minimum Gasteiger partial charge on any atom is -0.393 e. The maximum absolute atomic E-state index is 13.5. The van der Waals surface area contributed by atoms with Crippen molar-refractivity contribution >= 4 is 6.03 Å². The molecule has 1 aliphatic heterocycles. The number of nitrogens with one attached hydrogen (secondary N) is 2. The summed E-state index contributed by atoms with van der Waals surface area (Å²) < 4.78 is 26.6. The lowest BCUT2D eigenvalue weighted by Gasteiger charge is -2.26. The molecule has 0 spiro atoms. The van der Waals surface area contributed by atoms with Crippen molar-refractivity contribution < 1.29 is 18.7 Å². The molecule has 0 aromatic heterocycles. The van der Waals surface area contributed by atoms with Gasteiger partial charge in [0.05, 0.1) is 18.2 Å². The Hall–Kier alpha value is -1.73. The Bertz CT molecular complexity index is 571. The highest BCUT2D eigenvalue weighted by Crippen LogP contribution is 2.31. The van der Waals surface area contributed by atoms with Crippen molar-refractivity contribution in [1.29, 1.82) is 0 Å². The molecule has 2 rings (SSSR count). The lowest BCUT2D eigenvalue weighted by Crippen LogP contribution is -2.45. The number of carbonyl (C=O) groups is 1. The first-order valence-electron chi connectivity index (χ1n) is 8.30. The Morgan fingerprint density at radius 2 is 2.17 bits per heavy atom. The van der Waals surface area contributed by atoms with Crippen LogP contribution in [0.2, 0.25) is 0 Å². The number of aliphatic hydroxyl groups is 1. The molecule has 1 aliphatic rings. The van der Waals surface area contributed by atoms with E-state index in [-0.39, 0.29) is 18.1 Å². The fraction of sp³-hybridized carbons (Fsp3) is 0.588. The summed E-state index contributed by atoms with van der Waals surface area (Å²) in [5.41, 5.74) is 0.639. The molecular weight excluding hydrogens is 316 g/mol. The molecule has 1 heterocycles. The summed E-state index contributed by atoms with van der Waals surface area (Å²) >= 11 is 0. The number of hydrogen-bond acceptors (Lipinski definition) is 3. The number of likely N-dealkylation sites (N-methyl/N-ethyl adjacent to an activating group) is 1. The molecule has 7 heteroatoms. The van der Waals surface area contributed by atoms with E-state index in [0.29, 0.717) is 24.9 Å². The van der Waals surface area contributed by atoms with Gasteiger partial charge >= 0.3 is 6.03 Å². The van der Waals surface area contributed by atoms with Crippen LogP contribution < -0.4 is 10.6 Å². The normalized spacial score (nSPS) is 22.4. The summed E-state index contributed by atoms with van der Waals surface area (Å²) in [4.78, 5) is 14.0. The molecule has 1 saturated heterocycles. The number of likely N-dealkylation sites (tertiary alicyclic amines) is 1. The second-order valence-electron chi connectivity index (χ2n) is 6.25. The maximum atomic E-state index is 13.5. The highest BCUT2D eigenvalue weighted by atomic mass is 19.2. The van der Waals surface area contributed by atoms with Crippen LogP contribution in [0.5, 0.6) is 0 Å². The molecule has 2 amide bonds. The summed E-state index contributed by atoms with van der Waals surface area (Å²) in [7, 11) is 1.89. The minimum atomic E-state index is -0.885. The predicted molar refractivity (Wildman–Crippen MR) is 87.6 cm³/mol. The summed E-state index contributed by atoms with van der Waals surface area (Å²) in [5.74, 6) is -1.76. The van der Waals surface area contributed by atoms with Gasteiger partial charge in [-0.05, 0) is 44.0 Å². The van der Waals surface area contributed by atoms with E-state index in [2.05, 4.69) is 10.6 Å². The monoisotopic (exact) mass is 341 g/mol. The number of carbonyl (C=O) groups excluding carboxylic acids is 1. The van der Waals surface area contributed by atoms with Gasteiger partial charge in [0.2, 0.25) is 0 Å². The Balaban J connectivity index is 1.96. The van der Waals surface area contributed by atoms with Crippen molar-refractivity contribution in [2.24, 2.45) is 0 Å². The number of nitrogens with zero attached hydrogens (tertiary/aromatic N) is 1. The van der Waals surface area contributed by atoms with E-state index in [0.717, 1.165) is 19.0 Å². The fourth-order valence-corrected chi connectivity index (χ4v) is 3.06. The highest BCUT2D eigenvalue weighted by Gasteiger charge is 2.34. The molecule has 1 fully saturated rings. The zero-order chi connectivity index (χ0) is 17.7. The molecule has 5 nitrogen and oxygen atoms in total. The number of urea groups is 1. The van der Waals surface area contributed by atoms with E-state index in [1.165, 1.54) is 6.07 Å². The Kier molecular flexibility index (Phi) is 6.51. The zero-order valence-corrected chi connectivity index (χ0v) is 14.1. The van der Waals surface area contributed by atoms with Crippen LogP contribution in [0, 0.1) is 11.6 Å². The molecule has 0 radical (unpaired) electrons. The largest absolute Gasteiger partial charge is 0.393 e. The molecule has 134 valence electrons. The van der Waals surface area contributed by atoms with Gasteiger partial charge in [-0.3, -0.25) is 4.90 Å². The Morgan fingerprint density at radius 3 is 2.83 bits per heavy atom. The van der Waals surface area contributed by atoms with Gasteiger partial charge in [-0.2, -0.15) is 0 Å². The topological polar surface area (TPSA) is 64.6 Å². The lowest BCUT2D eigenvalue weighted by molar-refractivity contribution is 0.159. The van der Waals surface area contributed by atoms with Crippen LogP contribution in [0.1, 0.15) is 37.8 Å². The molecule has 0 aliphatic carbocycles. The van der Waals surface area contributed by atoms with Gasteiger partial charge in [0.15, 0.2) is 11.6 Å². The van der Waals surface area contributed by atoms with Crippen molar-refractivity contribution in [1.82, 2.24) is 15.5 Å². The number of benzene rings is 1. The van der Waals surface area contributed by atoms with Crippen LogP contribution in [0.4, 0.5) is 13.6 Å². The van der Waals surface area contributed by atoms with Crippen LogP contribution in [-0.2, 0) is 0 Å². The SMILES string of the molecule is CC[C@H](O)CCNC(=O)N[C@H]1CCN(C)[C@@H]1c1ccc(F)c(F)c1.